The van der Waals surface area contributed by atoms with Crippen LogP contribution in [0.3, 0.4) is 0 Å². The molecule has 0 aliphatic carbocycles. The zero-order chi connectivity index (χ0) is 29.7. The molecule has 1 saturated heterocycles. The zero-order valence-corrected chi connectivity index (χ0v) is 23.0. The van der Waals surface area contributed by atoms with Crippen LogP contribution in [0.5, 0.6) is 5.75 Å². The number of carbonyl (C=O) groups is 4. The van der Waals surface area contributed by atoms with Crippen LogP contribution in [0.25, 0.3) is 10.4 Å². The molecule has 5 atom stereocenters. The van der Waals surface area contributed by atoms with Crippen molar-refractivity contribution < 1.29 is 52.3 Å². The van der Waals surface area contributed by atoms with Gasteiger partial charge in [-0.15, -0.1) is 0 Å². The van der Waals surface area contributed by atoms with E-state index in [-0.39, 0.29) is 32.1 Å². The Labute approximate surface area is 230 Å². The smallest absolute Gasteiger partial charge is 0.414 e. The van der Waals surface area contributed by atoms with Crippen LogP contribution >= 0.6 is 0 Å². The highest BCUT2D eigenvalue weighted by Crippen LogP contribution is 2.33. The molecule has 2 rings (SSSR count). The Hall–Kier alpha value is -4.07. The Morgan fingerprint density at radius 2 is 1.75 bits per heavy atom. The maximum atomic E-state index is 13.0. The number of amides is 1. The number of methoxy groups -OCH3 is 1. The molecule has 1 amide bonds. The first kappa shape index (κ1) is 32.1. The summed E-state index contributed by atoms with van der Waals surface area (Å²) in [7, 11) is 1.15. The van der Waals surface area contributed by atoms with Gasteiger partial charge < -0.3 is 33.2 Å². The van der Waals surface area contributed by atoms with E-state index < -0.39 is 54.5 Å². The van der Waals surface area contributed by atoms with Crippen LogP contribution in [0.2, 0.25) is 0 Å². The molecule has 1 aliphatic rings. The highest BCUT2D eigenvalue weighted by Gasteiger charge is 2.52. The van der Waals surface area contributed by atoms with E-state index in [2.05, 4.69) is 15.3 Å². The van der Waals surface area contributed by atoms with Crippen molar-refractivity contribution in [1.29, 1.82) is 0 Å². The van der Waals surface area contributed by atoms with E-state index in [1.54, 1.807) is 25.1 Å². The Balaban J connectivity index is 2.20. The van der Waals surface area contributed by atoms with Crippen molar-refractivity contribution in [3.8, 4) is 5.75 Å². The first-order valence-corrected chi connectivity index (χ1v) is 12.5. The second-order valence-electron chi connectivity index (χ2n) is 8.59. The number of anilines is 1. The minimum atomic E-state index is -1.63. The lowest BCUT2D eigenvalue weighted by Gasteiger charge is -2.42. The molecule has 0 aromatic heterocycles. The number of hydrogen-bond acceptors (Lipinski definition) is 12. The second kappa shape index (κ2) is 16.1. The summed E-state index contributed by atoms with van der Waals surface area (Å²) in [5.74, 6) is -2.74. The third-order valence-electron chi connectivity index (χ3n) is 5.70. The van der Waals surface area contributed by atoms with Crippen LogP contribution in [0.15, 0.2) is 23.3 Å². The summed E-state index contributed by atoms with van der Waals surface area (Å²) in [5, 5.41) is 5.92. The van der Waals surface area contributed by atoms with Crippen LogP contribution in [0, 0.1) is 5.92 Å². The van der Waals surface area contributed by atoms with E-state index in [1.807, 2.05) is 6.92 Å². The van der Waals surface area contributed by atoms with Crippen LogP contribution in [0.1, 0.15) is 33.3 Å². The molecule has 1 fully saturated rings. The van der Waals surface area contributed by atoms with Crippen LogP contribution in [-0.2, 0) is 49.2 Å². The van der Waals surface area contributed by atoms with Gasteiger partial charge in [-0.25, -0.2) is 9.59 Å². The number of carbonyl (C=O) groups excluding carboxylic acids is 4. The molecule has 220 valence electrons. The molecule has 0 spiro atoms. The summed E-state index contributed by atoms with van der Waals surface area (Å²) in [6.07, 6.45) is -5.80. The molecular formula is C25H34N4O11. The zero-order valence-electron chi connectivity index (χ0n) is 23.0. The standard InChI is InChI=1S/C25H34N4O11/c1-6-17-7-8-18(19(13-17)36-12-11-35-10-9-27-29-26)28-25(33)40-24-22(38-16(4)31)20(37-15(3)30)14(2)21(39-24)23(32)34-5/h7-8,13-14,20-22,24H,6,9-12H2,1-5H3,(H,28,33)/t14-,20-,21?,22+,24-/m0/s1. The maximum absolute atomic E-state index is 13.0. The number of azide groups is 1. The third kappa shape index (κ3) is 9.59. The lowest BCUT2D eigenvalue weighted by atomic mass is 9.90. The lowest BCUT2D eigenvalue weighted by Crippen LogP contribution is -2.59. The Bertz CT molecular complexity index is 1090. The summed E-state index contributed by atoms with van der Waals surface area (Å²) in [4.78, 5) is 51.6. The molecule has 40 heavy (non-hydrogen) atoms. The molecule has 1 heterocycles. The quantitative estimate of drug-likeness (QED) is 0.0921. The van der Waals surface area contributed by atoms with Crippen molar-refractivity contribution in [2.75, 3.05) is 38.8 Å². The lowest BCUT2D eigenvalue weighted by molar-refractivity contribution is -0.272. The van der Waals surface area contributed by atoms with E-state index >= 15 is 0 Å². The van der Waals surface area contributed by atoms with Crippen molar-refractivity contribution >= 4 is 29.7 Å². The van der Waals surface area contributed by atoms with Crippen molar-refractivity contribution in [2.24, 2.45) is 11.0 Å². The molecule has 15 heteroatoms. The van der Waals surface area contributed by atoms with Gasteiger partial charge in [0.15, 0.2) is 12.2 Å². The number of ether oxygens (including phenoxy) is 7. The van der Waals surface area contributed by atoms with Crippen LogP contribution in [-0.4, -0.2) is 82.1 Å². The third-order valence-corrected chi connectivity index (χ3v) is 5.70. The fourth-order valence-corrected chi connectivity index (χ4v) is 3.85. The van der Waals surface area contributed by atoms with Gasteiger partial charge in [0.05, 0.1) is 26.0 Å². The molecule has 1 aromatic carbocycles. The average Bonchev–Trinajstić information content (AvgIpc) is 2.91. The molecule has 0 saturated carbocycles. The summed E-state index contributed by atoms with van der Waals surface area (Å²) in [6, 6.07) is 5.13. The predicted molar refractivity (Wildman–Crippen MR) is 137 cm³/mol. The van der Waals surface area contributed by atoms with Gasteiger partial charge in [0, 0.05) is 31.2 Å². The Kier molecular flexibility index (Phi) is 13.0. The van der Waals surface area contributed by atoms with Gasteiger partial charge in [-0.1, -0.05) is 25.0 Å². The molecule has 1 unspecified atom stereocenters. The molecule has 15 nitrogen and oxygen atoms in total. The fraction of sp³-hybridized carbons (Fsp3) is 0.600. The van der Waals surface area contributed by atoms with Gasteiger partial charge in [-0.2, -0.15) is 0 Å². The first-order valence-electron chi connectivity index (χ1n) is 12.5. The normalized spacial score (nSPS) is 21.8. The van der Waals surface area contributed by atoms with Crippen molar-refractivity contribution in [1.82, 2.24) is 0 Å². The number of benzene rings is 1. The summed E-state index contributed by atoms with van der Waals surface area (Å²) in [5.41, 5.74) is 9.49. The fourth-order valence-electron chi connectivity index (χ4n) is 3.85. The number of hydrogen-bond donors (Lipinski definition) is 1. The Morgan fingerprint density at radius 3 is 2.38 bits per heavy atom. The SMILES string of the molecule is CCc1ccc(NC(=O)O[C@@H]2OC(C(=O)OC)[C@@H](C)[C@H](OC(C)=O)[C@H]2OC(C)=O)c(OCCOCCN=[N+]=[N-])c1. The summed E-state index contributed by atoms with van der Waals surface area (Å²) < 4.78 is 37.6. The first-order chi connectivity index (χ1) is 19.1. The number of nitrogens with one attached hydrogen (secondary N) is 1. The second-order valence-corrected chi connectivity index (χ2v) is 8.59. The number of rotatable bonds is 13. The van der Waals surface area contributed by atoms with E-state index in [0.29, 0.717) is 12.2 Å². The van der Waals surface area contributed by atoms with Crippen molar-refractivity contribution in [3.63, 3.8) is 0 Å². The minimum Gasteiger partial charge on any atom is -0.489 e. The predicted octanol–water partition coefficient (Wildman–Crippen LogP) is 2.90. The summed E-state index contributed by atoms with van der Waals surface area (Å²) in [6.45, 7) is 6.51. The van der Waals surface area contributed by atoms with Gasteiger partial charge in [-0.05, 0) is 29.6 Å². The van der Waals surface area contributed by atoms with E-state index in [9.17, 15) is 19.2 Å². The van der Waals surface area contributed by atoms with Gasteiger partial charge in [0.1, 0.15) is 12.4 Å². The minimum absolute atomic E-state index is 0.135. The number of esters is 3. The highest BCUT2D eigenvalue weighted by molar-refractivity contribution is 5.87. The van der Waals surface area contributed by atoms with Crippen molar-refractivity contribution in [3.05, 3.63) is 34.2 Å². The van der Waals surface area contributed by atoms with E-state index in [4.69, 9.17) is 38.7 Å². The topological polar surface area (TPSA) is 194 Å². The van der Waals surface area contributed by atoms with E-state index in [1.165, 1.54) is 0 Å². The van der Waals surface area contributed by atoms with Gasteiger partial charge in [0.2, 0.25) is 12.4 Å². The van der Waals surface area contributed by atoms with Crippen LogP contribution in [0.4, 0.5) is 10.5 Å². The molecule has 1 N–H and O–H groups in total. The molecular weight excluding hydrogens is 532 g/mol. The summed E-state index contributed by atoms with van der Waals surface area (Å²) >= 11 is 0. The maximum Gasteiger partial charge on any atom is 0.414 e. The number of aryl methyl sites for hydroxylation is 1. The van der Waals surface area contributed by atoms with Crippen LogP contribution < -0.4 is 10.1 Å². The Morgan fingerprint density at radius 1 is 1.05 bits per heavy atom. The van der Waals surface area contributed by atoms with Gasteiger partial charge >= 0.3 is 24.0 Å². The monoisotopic (exact) mass is 566 g/mol. The van der Waals surface area contributed by atoms with E-state index in [0.717, 1.165) is 26.5 Å². The molecule has 1 aromatic rings. The number of nitrogens with zero attached hydrogens (tertiary/aromatic N) is 3. The highest BCUT2D eigenvalue weighted by atomic mass is 16.7. The van der Waals surface area contributed by atoms with Crippen molar-refractivity contribution in [2.45, 2.75) is 58.7 Å². The molecule has 0 bridgehead atoms. The average molecular weight is 567 g/mol. The molecule has 0 radical (unpaired) electrons. The van der Waals surface area contributed by atoms with Gasteiger partial charge in [0.25, 0.3) is 0 Å². The van der Waals surface area contributed by atoms with Gasteiger partial charge in [-0.3, -0.25) is 14.9 Å². The largest absolute Gasteiger partial charge is 0.489 e. The molecule has 1 aliphatic heterocycles.